The molecule has 22 heavy (non-hydrogen) atoms. The summed E-state index contributed by atoms with van der Waals surface area (Å²) in [4.78, 5) is 20.0. The number of benzene rings is 1. The normalized spacial score (nSPS) is 11.1. The van der Waals surface area contributed by atoms with E-state index in [1.807, 2.05) is 24.3 Å². The van der Waals surface area contributed by atoms with Gasteiger partial charge in [-0.3, -0.25) is 4.98 Å². The van der Waals surface area contributed by atoms with Gasteiger partial charge in [0.1, 0.15) is 0 Å². The minimum absolute atomic E-state index is 0.233. The molecule has 3 aromatic rings. The van der Waals surface area contributed by atoms with Crippen LogP contribution in [0.1, 0.15) is 21.6 Å². The van der Waals surface area contributed by atoms with Gasteiger partial charge in [-0.15, -0.1) is 0 Å². The maximum Gasteiger partial charge on any atom is 0.336 e. The van der Waals surface area contributed by atoms with Gasteiger partial charge in [-0.05, 0) is 42.0 Å². The summed E-state index contributed by atoms with van der Waals surface area (Å²) in [5, 5.41) is 10.0. The molecule has 0 aliphatic rings. The number of rotatable bonds is 3. The number of aromatic nitrogens is 2. The van der Waals surface area contributed by atoms with E-state index in [1.165, 1.54) is 0 Å². The molecule has 0 amide bonds. The molecule has 2 aromatic heterocycles. The van der Waals surface area contributed by atoms with Gasteiger partial charge in [0.15, 0.2) is 0 Å². The van der Waals surface area contributed by atoms with Gasteiger partial charge in [0, 0.05) is 22.3 Å². The molecular weight excluding hydrogens is 344 g/mol. The second-order valence-corrected chi connectivity index (χ2v) is 5.60. The van der Waals surface area contributed by atoms with Crippen LogP contribution in [0.4, 0.5) is 0 Å². The van der Waals surface area contributed by atoms with Gasteiger partial charge in [0.2, 0.25) is 0 Å². The van der Waals surface area contributed by atoms with E-state index in [2.05, 4.69) is 25.9 Å². The van der Waals surface area contributed by atoms with Crippen LogP contribution in [0.25, 0.3) is 23.1 Å². The summed E-state index contributed by atoms with van der Waals surface area (Å²) in [5.41, 5.74) is 2.40. The van der Waals surface area contributed by atoms with Crippen LogP contribution in [0, 0.1) is 0 Å². The van der Waals surface area contributed by atoms with Gasteiger partial charge < -0.3 is 5.11 Å². The molecule has 0 saturated carbocycles. The molecule has 4 nitrogen and oxygen atoms in total. The third kappa shape index (κ3) is 3.04. The fourth-order valence-electron chi connectivity index (χ4n) is 2.14. The van der Waals surface area contributed by atoms with Crippen LogP contribution >= 0.6 is 15.9 Å². The molecule has 1 N–H and O–H groups in total. The molecule has 0 unspecified atom stereocenters. The number of carbonyl (C=O) groups is 1. The molecule has 0 bridgehead atoms. The Kier molecular flexibility index (Phi) is 3.98. The third-order valence-corrected chi connectivity index (χ3v) is 3.65. The number of hydrogen-bond acceptors (Lipinski definition) is 3. The predicted molar refractivity (Wildman–Crippen MR) is 89.6 cm³/mol. The molecule has 108 valence electrons. The highest BCUT2D eigenvalue weighted by molar-refractivity contribution is 9.10. The molecule has 0 fully saturated rings. The highest BCUT2D eigenvalue weighted by atomic mass is 79.9. The van der Waals surface area contributed by atoms with E-state index in [1.54, 1.807) is 36.7 Å². The Labute approximate surface area is 135 Å². The summed E-state index contributed by atoms with van der Waals surface area (Å²) >= 11 is 3.35. The van der Waals surface area contributed by atoms with E-state index >= 15 is 0 Å². The molecule has 1 aromatic carbocycles. The lowest BCUT2D eigenvalue weighted by Crippen LogP contribution is -2.00. The first-order valence-corrected chi connectivity index (χ1v) is 7.34. The molecule has 0 saturated heterocycles. The molecule has 3 rings (SSSR count). The van der Waals surface area contributed by atoms with Crippen molar-refractivity contribution >= 4 is 45.0 Å². The van der Waals surface area contributed by atoms with Crippen molar-refractivity contribution in [1.29, 1.82) is 0 Å². The summed E-state index contributed by atoms with van der Waals surface area (Å²) < 4.78 is 0.822. The lowest BCUT2D eigenvalue weighted by atomic mass is 10.1. The van der Waals surface area contributed by atoms with E-state index in [0.29, 0.717) is 16.6 Å². The molecule has 0 radical (unpaired) electrons. The van der Waals surface area contributed by atoms with Gasteiger partial charge in [0.25, 0.3) is 0 Å². The summed E-state index contributed by atoms with van der Waals surface area (Å²) in [6.07, 6.45) is 7.06. The van der Waals surface area contributed by atoms with Crippen LogP contribution in [0.15, 0.2) is 53.3 Å². The number of nitrogens with zero attached hydrogens (tertiary/aromatic N) is 2. The van der Waals surface area contributed by atoms with Gasteiger partial charge >= 0.3 is 5.97 Å². The van der Waals surface area contributed by atoms with Gasteiger partial charge in [-0.25, -0.2) is 9.78 Å². The maximum atomic E-state index is 11.5. The quantitative estimate of drug-likeness (QED) is 0.763. The molecular formula is C17H11BrN2O2. The second kappa shape index (κ2) is 6.07. The Balaban J connectivity index is 2.09. The Morgan fingerprint density at radius 2 is 2.05 bits per heavy atom. The van der Waals surface area contributed by atoms with Crippen LogP contribution in [0.2, 0.25) is 0 Å². The van der Waals surface area contributed by atoms with Crippen molar-refractivity contribution in [3.8, 4) is 0 Å². The summed E-state index contributed by atoms with van der Waals surface area (Å²) in [5.74, 6) is -0.971. The van der Waals surface area contributed by atoms with Crippen molar-refractivity contribution < 1.29 is 9.90 Å². The van der Waals surface area contributed by atoms with Crippen molar-refractivity contribution in [2.24, 2.45) is 0 Å². The minimum atomic E-state index is -0.971. The zero-order chi connectivity index (χ0) is 15.5. The second-order valence-electron chi connectivity index (χ2n) is 4.68. The van der Waals surface area contributed by atoms with Crippen LogP contribution in [0.5, 0.6) is 0 Å². The molecule has 0 aliphatic heterocycles. The number of carboxylic acids is 1. The van der Waals surface area contributed by atoms with Crippen molar-refractivity contribution in [1.82, 2.24) is 9.97 Å². The number of hydrogen-bond donors (Lipinski definition) is 1. The van der Waals surface area contributed by atoms with Crippen LogP contribution < -0.4 is 0 Å². The lowest BCUT2D eigenvalue weighted by Gasteiger charge is -2.05. The topological polar surface area (TPSA) is 63.1 Å². The summed E-state index contributed by atoms with van der Waals surface area (Å²) in [7, 11) is 0. The number of pyridine rings is 2. The minimum Gasteiger partial charge on any atom is -0.478 e. The third-order valence-electron chi connectivity index (χ3n) is 3.15. The molecule has 0 aliphatic carbocycles. The highest BCUT2D eigenvalue weighted by Crippen LogP contribution is 2.23. The Hall–Kier alpha value is -2.53. The van der Waals surface area contributed by atoms with Crippen molar-refractivity contribution in [2.45, 2.75) is 0 Å². The van der Waals surface area contributed by atoms with Crippen LogP contribution in [-0.2, 0) is 0 Å². The van der Waals surface area contributed by atoms with E-state index in [9.17, 15) is 9.90 Å². The zero-order valence-corrected chi connectivity index (χ0v) is 13.0. The maximum absolute atomic E-state index is 11.5. The number of aromatic carboxylic acids is 1. The predicted octanol–water partition coefficient (Wildman–Crippen LogP) is 4.26. The highest BCUT2D eigenvalue weighted by Gasteiger charge is 2.11. The molecule has 0 spiro atoms. The van der Waals surface area contributed by atoms with Crippen molar-refractivity contribution in [3.05, 3.63) is 70.1 Å². The van der Waals surface area contributed by atoms with Crippen molar-refractivity contribution in [3.63, 3.8) is 0 Å². The fraction of sp³-hybridized carbons (Fsp3) is 0. The average Bonchev–Trinajstić information content (AvgIpc) is 2.53. The Bertz CT molecular complexity index is 876. The first kappa shape index (κ1) is 14.4. The van der Waals surface area contributed by atoms with Crippen LogP contribution in [0.3, 0.4) is 0 Å². The molecule has 0 atom stereocenters. The smallest absolute Gasteiger partial charge is 0.336 e. The number of fused-ring (bicyclic) bond motifs is 1. The Morgan fingerprint density at radius 3 is 2.77 bits per heavy atom. The SMILES string of the molecule is O=C(O)c1cc(/C=C/c2cccnc2)nc2ccc(Br)cc12. The van der Waals surface area contributed by atoms with E-state index in [0.717, 1.165) is 10.0 Å². The molecule has 2 heterocycles. The standard InChI is InChI=1S/C17H11BrN2O2/c18-12-4-6-16-14(8-12)15(17(21)22)9-13(20-16)5-3-11-2-1-7-19-10-11/h1-10H,(H,21,22)/b5-3+. The van der Waals surface area contributed by atoms with E-state index in [4.69, 9.17) is 0 Å². The average molecular weight is 355 g/mol. The summed E-state index contributed by atoms with van der Waals surface area (Å²) in [6.45, 7) is 0. The van der Waals surface area contributed by atoms with Crippen LogP contribution in [-0.4, -0.2) is 21.0 Å². The largest absolute Gasteiger partial charge is 0.478 e. The fourth-order valence-corrected chi connectivity index (χ4v) is 2.50. The number of halogens is 1. The first-order valence-electron chi connectivity index (χ1n) is 6.55. The zero-order valence-electron chi connectivity index (χ0n) is 11.4. The van der Waals surface area contributed by atoms with Gasteiger partial charge in [-0.1, -0.05) is 28.1 Å². The monoisotopic (exact) mass is 354 g/mol. The Morgan fingerprint density at radius 1 is 1.18 bits per heavy atom. The van der Waals surface area contributed by atoms with Gasteiger partial charge in [0.05, 0.1) is 16.8 Å². The van der Waals surface area contributed by atoms with Crippen molar-refractivity contribution in [2.75, 3.05) is 0 Å². The lowest BCUT2D eigenvalue weighted by molar-refractivity contribution is 0.0699. The van der Waals surface area contributed by atoms with Gasteiger partial charge in [-0.2, -0.15) is 0 Å². The number of carboxylic acid groups (broad SMARTS) is 1. The van der Waals surface area contributed by atoms with E-state index < -0.39 is 5.97 Å². The first-order chi connectivity index (χ1) is 10.6. The summed E-state index contributed by atoms with van der Waals surface area (Å²) in [6, 6.07) is 10.7. The van der Waals surface area contributed by atoms with E-state index in [-0.39, 0.29) is 5.56 Å². The molecule has 5 heteroatoms.